The molecule has 0 fully saturated rings. The maximum absolute atomic E-state index is 4.56. The maximum Gasteiger partial charge on any atom is 0.0624 e. The van der Waals surface area contributed by atoms with Crippen LogP contribution in [0.15, 0.2) is 30.3 Å². The van der Waals surface area contributed by atoms with Crippen LogP contribution in [0.5, 0.6) is 0 Å². The lowest BCUT2D eigenvalue weighted by atomic mass is 9.92. The second-order valence-corrected chi connectivity index (χ2v) is 5.86. The quantitative estimate of drug-likeness (QED) is 0.847. The highest BCUT2D eigenvalue weighted by Gasteiger charge is 2.14. The third-order valence-corrected chi connectivity index (χ3v) is 4.15. The van der Waals surface area contributed by atoms with Crippen LogP contribution in [0.25, 0.3) is 0 Å². The minimum Gasteiger partial charge on any atom is -0.319 e. The summed E-state index contributed by atoms with van der Waals surface area (Å²) in [6.07, 6.45) is 3.18. The molecule has 1 aromatic heterocycles. The van der Waals surface area contributed by atoms with E-state index in [9.17, 15) is 0 Å². The fraction of sp³-hybridized carbons (Fsp3) is 0.500. The molecule has 1 atom stereocenters. The van der Waals surface area contributed by atoms with Crippen LogP contribution in [0, 0.1) is 12.8 Å². The van der Waals surface area contributed by atoms with E-state index in [4.69, 9.17) is 0 Å². The minimum absolute atomic E-state index is 0.594. The maximum atomic E-state index is 4.56. The summed E-state index contributed by atoms with van der Waals surface area (Å²) in [4.78, 5) is 0. The van der Waals surface area contributed by atoms with Gasteiger partial charge in [-0.15, -0.1) is 0 Å². The van der Waals surface area contributed by atoms with E-state index in [1.54, 1.807) is 0 Å². The average molecular weight is 285 g/mol. The van der Waals surface area contributed by atoms with E-state index in [2.05, 4.69) is 61.6 Å². The van der Waals surface area contributed by atoms with Gasteiger partial charge in [-0.05, 0) is 62.9 Å². The van der Waals surface area contributed by atoms with E-state index >= 15 is 0 Å². The summed E-state index contributed by atoms with van der Waals surface area (Å²) >= 11 is 0. The van der Waals surface area contributed by atoms with Crippen molar-refractivity contribution in [2.75, 3.05) is 13.6 Å². The monoisotopic (exact) mass is 285 g/mol. The molecule has 0 aliphatic heterocycles. The fourth-order valence-electron chi connectivity index (χ4n) is 2.89. The molecule has 1 aromatic carbocycles. The normalized spacial score (nSPS) is 12.6. The second-order valence-electron chi connectivity index (χ2n) is 5.86. The highest BCUT2D eigenvalue weighted by Crippen LogP contribution is 2.17. The second kappa shape index (κ2) is 7.41. The van der Waals surface area contributed by atoms with E-state index in [1.165, 1.54) is 22.5 Å². The van der Waals surface area contributed by atoms with Crippen molar-refractivity contribution in [2.24, 2.45) is 13.0 Å². The van der Waals surface area contributed by atoms with Crippen molar-refractivity contribution in [3.8, 4) is 0 Å². The van der Waals surface area contributed by atoms with Crippen molar-refractivity contribution >= 4 is 0 Å². The van der Waals surface area contributed by atoms with Gasteiger partial charge in [0.05, 0.1) is 5.69 Å². The topological polar surface area (TPSA) is 29.9 Å². The molecule has 2 rings (SSSR count). The molecule has 0 saturated heterocycles. The van der Waals surface area contributed by atoms with Crippen LogP contribution in [-0.2, 0) is 26.3 Å². The van der Waals surface area contributed by atoms with Gasteiger partial charge in [0, 0.05) is 12.7 Å². The highest BCUT2D eigenvalue weighted by molar-refractivity contribution is 5.26. The average Bonchev–Trinajstić information content (AvgIpc) is 2.82. The Morgan fingerprint density at radius 3 is 2.62 bits per heavy atom. The number of nitrogens with zero attached hydrogens (tertiary/aromatic N) is 2. The van der Waals surface area contributed by atoms with Gasteiger partial charge in [0.1, 0.15) is 0 Å². The van der Waals surface area contributed by atoms with Crippen LogP contribution < -0.4 is 5.32 Å². The van der Waals surface area contributed by atoms with E-state index in [1.807, 2.05) is 11.7 Å². The van der Waals surface area contributed by atoms with Gasteiger partial charge in [-0.3, -0.25) is 4.68 Å². The summed E-state index contributed by atoms with van der Waals surface area (Å²) < 4.78 is 2.04. The van der Waals surface area contributed by atoms with Gasteiger partial charge in [0.15, 0.2) is 0 Å². The molecule has 0 bridgehead atoms. The fourth-order valence-corrected chi connectivity index (χ4v) is 2.89. The molecular formula is C18H27N3. The zero-order valence-corrected chi connectivity index (χ0v) is 13.7. The number of benzene rings is 1. The van der Waals surface area contributed by atoms with Gasteiger partial charge in [-0.2, -0.15) is 5.10 Å². The molecule has 0 saturated carbocycles. The first-order chi connectivity index (χ1) is 10.1. The smallest absolute Gasteiger partial charge is 0.0624 e. The lowest BCUT2D eigenvalue weighted by Gasteiger charge is -2.18. The van der Waals surface area contributed by atoms with Gasteiger partial charge in [-0.25, -0.2) is 0 Å². The molecule has 0 aliphatic rings. The van der Waals surface area contributed by atoms with Crippen LogP contribution in [0.4, 0.5) is 0 Å². The number of rotatable bonds is 7. The first-order valence-corrected chi connectivity index (χ1v) is 7.85. The number of aromatic nitrogens is 2. The molecule has 0 spiro atoms. The lowest BCUT2D eigenvalue weighted by molar-refractivity contribution is 0.476. The third kappa shape index (κ3) is 4.18. The summed E-state index contributed by atoms with van der Waals surface area (Å²) in [6, 6.07) is 10.9. The Kier molecular flexibility index (Phi) is 5.57. The molecule has 2 aromatic rings. The highest BCUT2D eigenvalue weighted by atomic mass is 15.3. The van der Waals surface area contributed by atoms with Gasteiger partial charge in [-0.1, -0.05) is 31.2 Å². The van der Waals surface area contributed by atoms with Crippen LogP contribution in [0.2, 0.25) is 0 Å². The molecule has 3 nitrogen and oxygen atoms in total. The predicted molar refractivity (Wildman–Crippen MR) is 88.6 cm³/mol. The largest absolute Gasteiger partial charge is 0.319 e. The number of aryl methyl sites for hydroxylation is 3. The minimum atomic E-state index is 0.594. The van der Waals surface area contributed by atoms with Crippen molar-refractivity contribution in [3.05, 3.63) is 52.8 Å². The Bertz CT molecular complexity index is 572. The number of hydrogen-bond donors (Lipinski definition) is 1. The molecule has 114 valence electrons. The Morgan fingerprint density at radius 1 is 1.24 bits per heavy atom. The SMILES string of the molecule is CCc1cc(CC(CNC)Cc2ccccc2C)n(C)n1. The molecule has 0 amide bonds. The summed E-state index contributed by atoms with van der Waals surface area (Å²) in [5.41, 5.74) is 5.36. The summed E-state index contributed by atoms with van der Waals surface area (Å²) in [7, 11) is 4.09. The Hall–Kier alpha value is -1.61. The molecule has 0 radical (unpaired) electrons. The molecule has 0 aliphatic carbocycles. The molecular weight excluding hydrogens is 258 g/mol. The van der Waals surface area contributed by atoms with Crippen molar-refractivity contribution < 1.29 is 0 Å². The zero-order chi connectivity index (χ0) is 15.2. The molecule has 1 heterocycles. The van der Waals surface area contributed by atoms with E-state index in [0.717, 1.165) is 25.8 Å². The zero-order valence-electron chi connectivity index (χ0n) is 13.7. The van der Waals surface area contributed by atoms with Crippen molar-refractivity contribution in [1.82, 2.24) is 15.1 Å². The first-order valence-electron chi connectivity index (χ1n) is 7.85. The number of nitrogens with one attached hydrogen (secondary N) is 1. The van der Waals surface area contributed by atoms with Gasteiger partial charge in [0.2, 0.25) is 0 Å². The predicted octanol–water partition coefficient (Wildman–Crippen LogP) is 2.91. The van der Waals surface area contributed by atoms with Crippen LogP contribution in [0.1, 0.15) is 29.4 Å². The molecule has 21 heavy (non-hydrogen) atoms. The van der Waals surface area contributed by atoms with E-state index in [-0.39, 0.29) is 0 Å². The van der Waals surface area contributed by atoms with Gasteiger partial charge < -0.3 is 5.32 Å². The van der Waals surface area contributed by atoms with Crippen molar-refractivity contribution in [3.63, 3.8) is 0 Å². The lowest BCUT2D eigenvalue weighted by Crippen LogP contribution is -2.24. The molecule has 1 N–H and O–H groups in total. The van der Waals surface area contributed by atoms with E-state index < -0.39 is 0 Å². The molecule has 1 unspecified atom stereocenters. The molecule has 3 heteroatoms. The van der Waals surface area contributed by atoms with Crippen molar-refractivity contribution in [1.29, 1.82) is 0 Å². The van der Waals surface area contributed by atoms with Crippen LogP contribution in [-0.4, -0.2) is 23.4 Å². The first kappa shape index (κ1) is 15.8. The van der Waals surface area contributed by atoms with Gasteiger partial charge in [0.25, 0.3) is 0 Å². The standard InChI is InChI=1S/C18H27N3/c1-5-17-12-18(21(4)20-17)11-15(13-19-3)10-16-9-7-6-8-14(16)2/h6-9,12,15,19H,5,10-11,13H2,1-4H3. The number of hydrogen-bond acceptors (Lipinski definition) is 2. The Morgan fingerprint density at radius 2 is 2.00 bits per heavy atom. The van der Waals surface area contributed by atoms with Crippen LogP contribution >= 0.6 is 0 Å². The van der Waals surface area contributed by atoms with Gasteiger partial charge >= 0.3 is 0 Å². The Labute approximate surface area is 128 Å². The summed E-state index contributed by atoms with van der Waals surface area (Å²) in [6.45, 7) is 5.39. The summed E-state index contributed by atoms with van der Waals surface area (Å²) in [5, 5.41) is 7.90. The summed E-state index contributed by atoms with van der Waals surface area (Å²) in [5.74, 6) is 0.594. The third-order valence-electron chi connectivity index (χ3n) is 4.15. The Balaban J connectivity index is 2.11. The van der Waals surface area contributed by atoms with Crippen molar-refractivity contribution in [2.45, 2.75) is 33.1 Å². The van der Waals surface area contributed by atoms with E-state index in [0.29, 0.717) is 5.92 Å². The van der Waals surface area contributed by atoms with Crippen LogP contribution in [0.3, 0.4) is 0 Å².